The zero-order chi connectivity index (χ0) is 13.8. The van der Waals surface area contributed by atoms with E-state index in [9.17, 15) is 4.39 Å². The van der Waals surface area contributed by atoms with Gasteiger partial charge in [-0.05, 0) is 26.0 Å². The zero-order valence-corrected chi connectivity index (χ0v) is 11.2. The number of aryl methyl sites for hydroxylation is 1. The van der Waals surface area contributed by atoms with Crippen molar-refractivity contribution in [1.29, 1.82) is 0 Å². The van der Waals surface area contributed by atoms with Crippen molar-refractivity contribution in [3.63, 3.8) is 0 Å². The van der Waals surface area contributed by atoms with Gasteiger partial charge in [0.15, 0.2) is 11.6 Å². The third kappa shape index (κ3) is 2.65. The molecule has 2 rings (SSSR count). The fraction of sp³-hybridized carbons (Fsp3) is 0.286. The molecule has 19 heavy (non-hydrogen) atoms. The van der Waals surface area contributed by atoms with Gasteiger partial charge in [0.2, 0.25) is 0 Å². The molecule has 0 saturated heterocycles. The molecule has 0 aliphatic carbocycles. The number of anilines is 1. The molecule has 0 amide bonds. The van der Waals surface area contributed by atoms with Crippen LogP contribution in [0.5, 0.6) is 5.75 Å². The first-order valence-corrected chi connectivity index (χ1v) is 6.06. The van der Waals surface area contributed by atoms with Gasteiger partial charge in [-0.25, -0.2) is 14.4 Å². The lowest BCUT2D eigenvalue weighted by Gasteiger charge is -2.13. The summed E-state index contributed by atoms with van der Waals surface area (Å²) in [5, 5.41) is 3.07. The number of ether oxygens (including phenoxy) is 1. The minimum absolute atomic E-state index is 0.329. The first kappa shape index (κ1) is 13.3. The van der Waals surface area contributed by atoms with Gasteiger partial charge in [0, 0.05) is 12.1 Å². The Kier molecular flexibility index (Phi) is 3.94. The molecule has 1 heterocycles. The average molecular weight is 261 g/mol. The van der Waals surface area contributed by atoms with Crippen molar-refractivity contribution in [2.45, 2.75) is 13.8 Å². The van der Waals surface area contributed by atoms with Crippen molar-refractivity contribution in [2.24, 2.45) is 0 Å². The zero-order valence-electron chi connectivity index (χ0n) is 11.2. The van der Waals surface area contributed by atoms with E-state index in [1.54, 1.807) is 12.1 Å². The highest BCUT2D eigenvalue weighted by Crippen LogP contribution is 2.34. The Morgan fingerprint density at radius 2 is 2.11 bits per heavy atom. The summed E-state index contributed by atoms with van der Waals surface area (Å²) in [5.41, 5.74) is 1.83. The molecule has 0 bridgehead atoms. The second-order valence-electron chi connectivity index (χ2n) is 4.12. The van der Waals surface area contributed by atoms with E-state index in [1.165, 1.54) is 19.5 Å². The Hall–Kier alpha value is -2.17. The molecule has 0 saturated carbocycles. The van der Waals surface area contributed by atoms with Crippen molar-refractivity contribution in [2.75, 3.05) is 19.0 Å². The number of rotatable bonds is 4. The van der Waals surface area contributed by atoms with Gasteiger partial charge in [0.05, 0.1) is 7.11 Å². The van der Waals surface area contributed by atoms with E-state index in [4.69, 9.17) is 4.74 Å². The molecule has 1 aromatic carbocycles. The smallest absolute Gasteiger partial charge is 0.187 e. The van der Waals surface area contributed by atoms with Gasteiger partial charge < -0.3 is 10.1 Å². The van der Waals surface area contributed by atoms with Crippen molar-refractivity contribution < 1.29 is 9.13 Å². The Labute approximate surface area is 111 Å². The van der Waals surface area contributed by atoms with Crippen LogP contribution < -0.4 is 10.1 Å². The predicted octanol–water partition coefficient (Wildman–Crippen LogP) is 3.03. The van der Waals surface area contributed by atoms with Crippen LogP contribution in [0.4, 0.5) is 10.2 Å². The summed E-state index contributed by atoms with van der Waals surface area (Å²) in [4.78, 5) is 8.26. The molecule has 0 aliphatic rings. The maximum absolute atomic E-state index is 14.0. The minimum Gasteiger partial charge on any atom is -0.491 e. The number of aromatic nitrogens is 2. The number of benzene rings is 1. The SMILES string of the molecule is CCNc1ncnc(-c2cc(C)ccc2F)c1OC. The molecule has 5 heteroatoms. The monoisotopic (exact) mass is 261 g/mol. The van der Waals surface area contributed by atoms with E-state index < -0.39 is 0 Å². The molecule has 2 aromatic rings. The van der Waals surface area contributed by atoms with Crippen molar-refractivity contribution >= 4 is 5.82 Å². The number of halogens is 1. The van der Waals surface area contributed by atoms with E-state index in [2.05, 4.69) is 15.3 Å². The molecule has 100 valence electrons. The van der Waals surface area contributed by atoms with Gasteiger partial charge in [-0.15, -0.1) is 0 Å². The lowest BCUT2D eigenvalue weighted by molar-refractivity contribution is 0.414. The van der Waals surface area contributed by atoms with Gasteiger partial charge in [-0.3, -0.25) is 0 Å². The largest absolute Gasteiger partial charge is 0.491 e. The maximum Gasteiger partial charge on any atom is 0.187 e. The summed E-state index contributed by atoms with van der Waals surface area (Å²) in [5.74, 6) is 0.690. The first-order valence-electron chi connectivity index (χ1n) is 6.06. The molecule has 0 atom stereocenters. The predicted molar refractivity (Wildman–Crippen MR) is 72.9 cm³/mol. The van der Waals surface area contributed by atoms with Crippen LogP contribution in [0.3, 0.4) is 0 Å². The van der Waals surface area contributed by atoms with Crippen LogP contribution in [-0.4, -0.2) is 23.6 Å². The minimum atomic E-state index is -0.329. The van der Waals surface area contributed by atoms with E-state index in [0.717, 1.165) is 5.56 Å². The van der Waals surface area contributed by atoms with Crippen molar-refractivity contribution in [3.05, 3.63) is 35.9 Å². The fourth-order valence-electron chi connectivity index (χ4n) is 1.87. The molecule has 0 unspecified atom stereocenters. The highest BCUT2D eigenvalue weighted by Gasteiger charge is 2.16. The lowest BCUT2D eigenvalue weighted by atomic mass is 10.1. The molecular formula is C14H16FN3O. The summed E-state index contributed by atoms with van der Waals surface area (Å²) in [6.07, 6.45) is 1.40. The Morgan fingerprint density at radius 3 is 2.79 bits per heavy atom. The summed E-state index contributed by atoms with van der Waals surface area (Å²) in [7, 11) is 1.52. The van der Waals surface area contributed by atoms with E-state index in [0.29, 0.717) is 29.4 Å². The molecular weight excluding hydrogens is 245 g/mol. The molecule has 0 aliphatic heterocycles. The van der Waals surface area contributed by atoms with Crippen LogP contribution >= 0.6 is 0 Å². The Bertz CT molecular complexity index is 587. The summed E-state index contributed by atoms with van der Waals surface area (Å²) < 4.78 is 19.3. The molecule has 0 fully saturated rings. The molecule has 0 radical (unpaired) electrons. The van der Waals surface area contributed by atoms with E-state index in [-0.39, 0.29) is 5.82 Å². The highest BCUT2D eigenvalue weighted by molar-refractivity contribution is 5.73. The number of methoxy groups -OCH3 is 1. The van der Waals surface area contributed by atoms with Crippen LogP contribution in [0, 0.1) is 12.7 Å². The topological polar surface area (TPSA) is 47.0 Å². The van der Waals surface area contributed by atoms with Crippen LogP contribution in [0.1, 0.15) is 12.5 Å². The van der Waals surface area contributed by atoms with Gasteiger partial charge in [-0.1, -0.05) is 11.6 Å². The fourth-order valence-corrected chi connectivity index (χ4v) is 1.87. The van der Waals surface area contributed by atoms with E-state index in [1.807, 2.05) is 13.8 Å². The number of nitrogens with one attached hydrogen (secondary N) is 1. The van der Waals surface area contributed by atoms with Crippen LogP contribution in [0.25, 0.3) is 11.3 Å². The Balaban J connectivity index is 2.61. The highest BCUT2D eigenvalue weighted by atomic mass is 19.1. The Morgan fingerprint density at radius 1 is 1.32 bits per heavy atom. The third-order valence-corrected chi connectivity index (χ3v) is 2.73. The molecule has 0 spiro atoms. The second kappa shape index (κ2) is 5.65. The van der Waals surface area contributed by atoms with Crippen molar-refractivity contribution in [1.82, 2.24) is 9.97 Å². The second-order valence-corrected chi connectivity index (χ2v) is 4.12. The van der Waals surface area contributed by atoms with Crippen LogP contribution in [0.2, 0.25) is 0 Å². The van der Waals surface area contributed by atoms with Gasteiger partial charge >= 0.3 is 0 Å². The third-order valence-electron chi connectivity index (χ3n) is 2.73. The number of hydrogen-bond donors (Lipinski definition) is 1. The van der Waals surface area contributed by atoms with Gasteiger partial charge in [-0.2, -0.15) is 0 Å². The average Bonchev–Trinajstić information content (AvgIpc) is 2.41. The summed E-state index contributed by atoms with van der Waals surface area (Å²) in [6.45, 7) is 4.55. The van der Waals surface area contributed by atoms with Gasteiger partial charge in [0.25, 0.3) is 0 Å². The molecule has 1 N–H and O–H groups in total. The first-order chi connectivity index (χ1) is 9.17. The van der Waals surface area contributed by atoms with Crippen molar-refractivity contribution in [3.8, 4) is 17.0 Å². The number of nitrogens with zero attached hydrogens (tertiary/aromatic N) is 2. The normalized spacial score (nSPS) is 10.3. The quantitative estimate of drug-likeness (QED) is 0.919. The van der Waals surface area contributed by atoms with E-state index >= 15 is 0 Å². The summed E-state index contributed by atoms with van der Waals surface area (Å²) >= 11 is 0. The molecule has 1 aromatic heterocycles. The van der Waals surface area contributed by atoms with Crippen LogP contribution in [-0.2, 0) is 0 Å². The maximum atomic E-state index is 14.0. The lowest BCUT2D eigenvalue weighted by Crippen LogP contribution is -2.04. The van der Waals surface area contributed by atoms with Gasteiger partial charge in [0.1, 0.15) is 17.8 Å². The summed E-state index contributed by atoms with van der Waals surface area (Å²) in [6, 6.07) is 4.90. The standard InChI is InChI=1S/C14H16FN3O/c1-4-16-14-13(19-3)12(17-8-18-14)10-7-9(2)5-6-11(10)15/h5-8H,4H2,1-3H3,(H,16,17,18). The van der Waals surface area contributed by atoms with Crippen LogP contribution in [0.15, 0.2) is 24.5 Å². The number of hydrogen-bond acceptors (Lipinski definition) is 4. The molecule has 4 nitrogen and oxygen atoms in total.